The van der Waals surface area contributed by atoms with Gasteiger partial charge < -0.3 is 60.2 Å². The Morgan fingerprint density at radius 2 is 1.24 bits per heavy atom. The molecule has 9 aliphatic rings. The molecular weight excluding hydrogens is 1380 g/mol. The number of ether oxygens (including phenoxy) is 3. The molecule has 1 heterocycles. The molecule has 0 bridgehead atoms. The topological polar surface area (TPSA) is 350 Å². The average molecular weight is 1460 g/mol. The van der Waals surface area contributed by atoms with E-state index in [1.807, 2.05) is 54.6 Å². The molecule has 7 fully saturated rings. The number of Topliss-reactive ketones (excluding diaryl/α,β-unsaturated/α-hetero) is 2. The van der Waals surface area contributed by atoms with E-state index < -0.39 is 175 Å². The van der Waals surface area contributed by atoms with Gasteiger partial charge in [0.2, 0.25) is 0 Å². The second kappa shape index (κ2) is 28.2. The molecule has 0 radical (unpaired) electrons. The zero-order valence-corrected chi connectivity index (χ0v) is 60.2. The van der Waals surface area contributed by atoms with Crippen molar-refractivity contribution in [3.63, 3.8) is 0 Å². The quantitative estimate of drug-likeness (QED) is 0.0341. The summed E-state index contributed by atoms with van der Waals surface area (Å²) in [6, 6.07) is 28.1. The Balaban J connectivity index is 0.000000169. The van der Waals surface area contributed by atoms with Crippen molar-refractivity contribution in [2.24, 2.45) is 45.8 Å². The molecule has 6 saturated carbocycles. The van der Waals surface area contributed by atoms with Crippen molar-refractivity contribution < 1.29 is 134 Å². The number of benzene rings is 4. The van der Waals surface area contributed by atoms with Crippen LogP contribution in [0.15, 0.2) is 164 Å². The maximum atomic E-state index is 17.5. The van der Waals surface area contributed by atoms with E-state index in [4.69, 9.17) is 19.9 Å². The van der Waals surface area contributed by atoms with Gasteiger partial charge in [-0.3, -0.25) is 24.5 Å². The van der Waals surface area contributed by atoms with Gasteiger partial charge in [-0.1, -0.05) is 79.0 Å². The number of nitrogens with one attached hydrogen (secondary N) is 1. The first-order chi connectivity index (χ1) is 46.3. The number of carbonyl (C=O) groups is 5. The van der Waals surface area contributed by atoms with E-state index in [2.05, 4.69) is 5.32 Å². The number of alkyl halides is 4. The fourth-order valence-electron chi connectivity index (χ4n) is 17.5. The van der Waals surface area contributed by atoms with E-state index in [0.29, 0.717) is 16.9 Å². The Labute approximate surface area is 606 Å². The normalized spacial score (nSPS) is 36.8. The summed E-state index contributed by atoms with van der Waals surface area (Å²) >= 11 is 2.91. The first kappa shape index (κ1) is 77.2. The van der Waals surface area contributed by atoms with Crippen LogP contribution in [-0.2, 0) is 43.5 Å². The minimum Gasteiger partial charge on any atom is -0.746 e. The Bertz CT molecular complexity index is 4110. The average Bonchev–Trinajstić information content (AvgIpc) is 1.48. The fourth-order valence-corrected chi connectivity index (χ4v) is 19.8. The summed E-state index contributed by atoms with van der Waals surface area (Å²) < 4.78 is 116. The van der Waals surface area contributed by atoms with Crippen molar-refractivity contribution in [3.8, 4) is 0 Å². The van der Waals surface area contributed by atoms with Crippen molar-refractivity contribution in [2.45, 2.75) is 176 Å². The summed E-state index contributed by atoms with van der Waals surface area (Å²) in [7, 11) is -4.81. The van der Waals surface area contributed by atoms with Gasteiger partial charge in [0.15, 0.2) is 57.4 Å². The number of rotatable bonds is 12. The third-order valence-corrected chi connectivity index (χ3v) is 24.9. The number of fused-ring (bicyclic) bond motifs is 12. The molecule has 0 spiro atoms. The smallest absolute Gasteiger partial charge is 0.746 e. The third-order valence-electron chi connectivity index (χ3n) is 22.1. The van der Waals surface area contributed by atoms with Crippen LogP contribution >= 0.6 is 23.5 Å². The van der Waals surface area contributed by atoms with Gasteiger partial charge in [0.1, 0.15) is 41.3 Å². The van der Waals surface area contributed by atoms with E-state index in [-0.39, 0.29) is 84.8 Å². The van der Waals surface area contributed by atoms with Gasteiger partial charge in [0.25, 0.3) is 0 Å². The molecule has 10 N–H and O–H groups in total. The summed E-state index contributed by atoms with van der Waals surface area (Å²) in [5, 5.41) is 75.2. The van der Waals surface area contributed by atoms with Crippen molar-refractivity contribution >= 4 is 74.2 Å². The Hall–Kier alpha value is -5.44. The summed E-state index contributed by atoms with van der Waals surface area (Å²) in [6.45, 7) is 8.25. The molecule has 8 aliphatic carbocycles. The number of hydrogen-bond donors (Lipinski definition) is 9. The SMILES string of the molecule is CC(C)(C)OC(=O)Nc1cccc(Sc2ccc(C(O)S(=O)(=O)[O-])cc2)c1.C[C@]12C=CC(=O)C=C1[C@@H](F)C[C@H]1[C@@H]3C[C@@H](O)[C@](O)(C(=O)CO)C3C[C@H](O)[C@@]12F.C[C@]12C=CC(=O)C=C1[C@@H](F)C[C@H]1[C@@H]3C[C@H]4O[C@@H](c5ccc(Sc6cccc(N)c6)cc5)O[C@@]4(C(=O)CO)[C@@]3(C)C[C@H](O)[C@@]12F.[Na+]. The second-order valence-corrected chi connectivity index (χ2v) is 32.4. The fraction of sp³-hybridized carbons (Fsp3) is 0.486. The molecular formula is C72H79F4N2NaO18S3. The van der Waals surface area contributed by atoms with Gasteiger partial charge in [-0.15, -0.1) is 0 Å². The van der Waals surface area contributed by atoms with Gasteiger partial charge in [-0.25, -0.2) is 30.8 Å². The Morgan fingerprint density at radius 3 is 1.78 bits per heavy atom. The molecule has 20 nitrogen and oxygen atoms in total. The van der Waals surface area contributed by atoms with Crippen LogP contribution in [0.3, 0.4) is 0 Å². The van der Waals surface area contributed by atoms with Crippen molar-refractivity contribution in [3.05, 3.63) is 156 Å². The van der Waals surface area contributed by atoms with Crippen LogP contribution in [0.25, 0.3) is 0 Å². The predicted octanol–water partition coefficient (Wildman–Crippen LogP) is 5.97. The molecule has 0 aromatic heterocycles. The molecule has 13 rings (SSSR count). The number of amides is 1. The van der Waals surface area contributed by atoms with Crippen LogP contribution in [0.1, 0.15) is 103 Å². The number of carbonyl (C=O) groups excluding carboxylic acids is 5. The first-order valence-corrected chi connectivity index (χ1v) is 35.5. The van der Waals surface area contributed by atoms with E-state index in [1.165, 1.54) is 67.7 Å². The molecule has 532 valence electrons. The monoisotopic (exact) mass is 1450 g/mol. The largest absolute Gasteiger partial charge is 1.00 e. The number of ketones is 4. The van der Waals surface area contributed by atoms with E-state index >= 15 is 17.6 Å². The minimum atomic E-state index is -4.81. The third kappa shape index (κ3) is 13.2. The minimum absolute atomic E-state index is 0. The van der Waals surface area contributed by atoms with Crippen LogP contribution in [0.5, 0.6) is 0 Å². The zero-order chi connectivity index (χ0) is 72.1. The van der Waals surface area contributed by atoms with Crippen molar-refractivity contribution in [1.29, 1.82) is 0 Å². The van der Waals surface area contributed by atoms with Gasteiger partial charge in [0, 0.05) is 70.5 Å². The molecule has 1 saturated heterocycles. The van der Waals surface area contributed by atoms with E-state index in [9.17, 15) is 72.7 Å². The molecule has 1 amide bonds. The molecule has 4 aromatic rings. The molecule has 100 heavy (non-hydrogen) atoms. The first-order valence-electron chi connectivity index (χ1n) is 32.4. The van der Waals surface area contributed by atoms with Crippen molar-refractivity contribution in [1.82, 2.24) is 0 Å². The molecule has 20 atom stereocenters. The molecule has 1 aliphatic heterocycles. The maximum Gasteiger partial charge on any atom is 1.00 e. The maximum absolute atomic E-state index is 17.5. The standard InChI is InChI=1S/C34H35F2NO6S.C20H24F2O6.C18H21NO6S2.Na/c1-31-11-10-20(39)13-25(31)26(35)14-24-23-15-29-34(28(41)17-38,32(23,2)16-27(40)33(24,31)36)43-30(42-29)18-6-8-21(9-7-18)44-22-5-3-4-19(37)12-22;1-18-3-2-9(24)4-13(18)14(21)6-12-10-5-15(25)19(28,17(27)8-23)11(10)7-16(26)20(12,18)22;1-18(2,3)25-17(21)19-13-5-4-6-15(11-13)26-14-9-7-12(8-10-14)16(20)27(22,23)24;/h3-13,23-24,26-27,29-30,38,40H,14-17,37H2,1-2H3;2-4,10-12,14-16,23,25-26,28H,5-8H2,1H3;4-11,16,20H,1-3H3,(H,19,21)(H,22,23,24);/q;;;+1/p-1/t23-,24-,26-,27-,29+,30+,31-,32-,33-,34+;10-,11?,12+,14+,15-,16+,18+,19+,20+;;/m01../s1. The van der Waals surface area contributed by atoms with Crippen molar-refractivity contribution in [2.75, 3.05) is 24.3 Å². The number of nitrogens with two attached hydrogens (primary N) is 1. The summed E-state index contributed by atoms with van der Waals surface area (Å²) in [5.41, 5.74) is -7.70. The van der Waals surface area contributed by atoms with Crippen LogP contribution < -0.4 is 40.6 Å². The number of halogens is 4. The number of aliphatic hydroxyl groups is 7. The van der Waals surface area contributed by atoms with Crippen LogP contribution in [0.2, 0.25) is 0 Å². The van der Waals surface area contributed by atoms with Crippen LogP contribution in [0.4, 0.5) is 33.7 Å². The summed E-state index contributed by atoms with van der Waals surface area (Å²) in [4.78, 5) is 65.1. The Kier molecular flexibility index (Phi) is 21.8. The Morgan fingerprint density at radius 1 is 0.710 bits per heavy atom. The number of aliphatic hydroxyl groups excluding tert-OH is 6. The summed E-state index contributed by atoms with van der Waals surface area (Å²) in [6.07, 6.45) is -4.05. The van der Waals surface area contributed by atoms with Gasteiger partial charge in [-0.2, -0.15) is 0 Å². The molecule has 2 unspecified atom stereocenters. The number of anilines is 2. The van der Waals surface area contributed by atoms with Gasteiger partial charge in [-0.05, 0) is 187 Å². The van der Waals surface area contributed by atoms with E-state index in [0.717, 1.165) is 37.8 Å². The summed E-state index contributed by atoms with van der Waals surface area (Å²) in [5.74, 6) is -6.88. The van der Waals surface area contributed by atoms with Gasteiger partial charge >= 0.3 is 35.7 Å². The number of nitrogen functional groups attached to an aromatic ring is 1. The predicted molar refractivity (Wildman–Crippen MR) is 353 cm³/mol. The molecule has 28 heteroatoms. The zero-order valence-electron chi connectivity index (χ0n) is 55.8. The van der Waals surface area contributed by atoms with Gasteiger partial charge in [0.05, 0.1) is 24.4 Å². The molecule has 4 aromatic carbocycles. The van der Waals surface area contributed by atoms with Crippen LogP contribution in [0, 0.1) is 45.8 Å². The second-order valence-electron chi connectivity index (χ2n) is 28.7. The number of allylic oxidation sites excluding steroid dienone is 8. The van der Waals surface area contributed by atoms with Crippen LogP contribution in [-0.4, -0.2) is 156 Å². The number of hydrogen-bond acceptors (Lipinski definition) is 21. The van der Waals surface area contributed by atoms with E-state index in [1.54, 1.807) is 58.0 Å².